The second kappa shape index (κ2) is 6.53. The molecule has 1 amide bonds. The summed E-state index contributed by atoms with van der Waals surface area (Å²) < 4.78 is 6.59. The van der Waals surface area contributed by atoms with E-state index >= 15 is 0 Å². The third-order valence-electron chi connectivity index (χ3n) is 2.56. The molecule has 0 bridgehead atoms. The molecule has 0 spiro atoms. The molecule has 2 aromatic carbocycles. The third kappa shape index (κ3) is 3.68. The molecule has 0 atom stereocenters. The molecule has 0 saturated carbocycles. The van der Waals surface area contributed by atoms with Gasteiger partial charge in [-0.15, -0.1) is 0 Å². The predicted molar refractivity (Wildman–Crippen MR) is 81.6 cm³/mol. The number of hydrazine groups is 1. The van der Waals surface area contributed by atoms with E-state index in [9.17, 15) is 4.79 Å². The van der Waals surface area contributed by atoms with Gasteiger partial charge in [0.15, 0.2) is 0 Å². The Kier molecular flexibility index (Phi) is 4.75. The summed E-state index contributed by atoms with van der Waals surface area (Å²) in [6, 6.07) is 15.1. The number of nitrogen functional groups attached to an aromatic ring is 1. The molecule has 2 aromatic rings. The highest BCUT2D eigenvalue weighted by Gasteiger charge is 2.07. The molecule has 0 aliphatic carbocycles. The molecule has 0 aliphatic rings. The van der Waals surface area contributed by atoms with Gasteiger partial charge in [0.1, 0.15) is 12.4 Å². The van der Waals surface area contributed by atoms with E-state index in [4.69, 9.17) is 10.6 Å². The number of carbonyl (C=O) groups excluding carboxylic acids is 1. The van der Waals surface area contributed by atoms with E-state index in [1.165, 1.54) is 0 Å². The first kappa shape index (κ1) is 13.8. The highest BCUT2D eigenvalue weighted by molar-refractivity contribution is 14.1. The Hall–Kier alpha value is -1.60. The standard InChI is InChI=1S/C14H13IN2O2/c15-12-8-11(14(18)17-16)6-7-13(12)19-9-10-4-2-1-3-5-10/h1-8H,9,16H2,(H,17,18). The van der Waals surface area contributed by atoms with Gasteiger partial charge in [0.2, 0.25) is 0 Å². The van der Waals surface area contributed by atoms with Crippen molar-refractivity contribution in [1.29, 1.82) is 0 Å². The van der Waals surface area contributed by atoms with Crippen molar-refractivity contribution in [2.75, 3.05) is 0 Å². The van der Waals surface area contributed by atoms with Gasteiger partial charge in [-0.2, -0.15) is 0 Å². The quantitative estimate of drug-likeness (QED) is 0.377. The maximum atomic E-state index is 11.4. The number of amides is 1. The number of halogens is 1. The molecule has 19 heavy (non-hydrogen) atoms. The van der Waals surface area contributed by atoms with Crippen molar-refractivity contribution in [3.8, 4) is 5.75 Å². The fourth-order valence-corrected chi connectivity index (χ4v) is 2.25. The zero-order valence-electron chi connectivity index (χ0n) is 10.1. The smallest absolute Gasteiger partial charge is 0.265 e. The lowest BCUT2D eigenvalue weighted by atomic mass is 10.2. The lowest BCUT2D eigenvalue weighted by molar-refractivity contribution is 0.0953. The first-order valence-electron chi connectivity index (χ1n) is 5.68. The molecule has 0 fully saturated rings. The predicted octanol–water partition coefficient (Wildman–Crippen LogP) is 2.47. The Morgan fingerprint density at radius 3 is 2.58 bits per heavy atom. The van der Waals surface area contributed by atoms with Gasteiger partial charge >= 0.3 is 0 Å². The molecule has 3 N–H and O–H groups in total. The van der Waals surface area contributed by atoms with E-state index in [2.05, 4.69) is 28.0 Å². The van der Waals surface area contributed by atoms with E-state index < -0.39 is 0 Å². The number of rotatable bonds is 4. The largest absolute Gasteiger partial charge is 0.488 e. The second-order valence-electron chi connectivity index (χ2n) is 3.89. The molecular weight excluding hydrogens is 355 g/mol. The SMILES string of the molecule is NNC(=O)c1ccc(OCc2ccccc2)c(I)c1. The molecule has 0 saturated heterocycles. The number of benzene rings is 2. The summed E-state index contributed by atoms with van der Waals surface area (Å²) in [5.74, 6) is 5.53. The molecule has 98 valence electrons. The molecule has 0 aliphatic heterocycles. The highest BCUT2D eigenvalue weighted by atomic mass is 127. The molecule has 0 radical (unpaired) electrons. The van der Waals surface area contributed by atoms with E-state index in [0.717, 1.165) is 14.9 Å². The molecule has 2 rings (SSSR count). The highest BCUT2D eigenvalue weighted by Crippen LogP contribution is 2.23. The average Bonchev–Trinajstić information content (AvgIpc) is 2.46. The topological polar surface area (TPSA) is 64.3 Å². The molecule has 0 aromatic heterocycles. The van der Waals surface area contributed by atoms with Crippen LogP contribution in [0.15, 0.2) is 48.5 Å². The summed E-state index contributed by atoms with van der Waals surface area (Å²) in [6.45, 7) is 0.499. The van der Waals surface area contributed by atoms with Gasteiger partial charge in [-0.1, -0.05) is 30.3 Å². The van der Waals surface area contributed by atoms with E-state index in [1.54, 1.807) is 18.2 Å². The Balaban J connectivity index is 2.07. The van der Waals surface area contributed by atoms with Crippen LogP contribution in [-0.4, -0.2) is 5.91 Å². The average molecular weight is 368 g/mol. The normalized spacial score (nSPS) is 10.0. The van der Waals surface area contributed by atoms with Crippen molar-refractivity contribution in [3.05, 3.63) is 63.2 Å². The monoisotopic (exact) mass is 368 g/mol. The van der Waals surface area contributed by atoms with Crippen LogP contribution in [0.4, 0.5) is 0 Å². The van der Waals surface area contributed by atoms with Gasteiger partial charge in [-0.3, -0.25) is 10.2 Å². The maximum Gasteiger partial charge on any atom is 0.265 e. The Bertz CT molecular complexity index is 573. The number of carbonyl (C=O) groups is 1. The van der Waals surface area contributed by atoms with Gasteiger partial charge in [-0.25, -0.2) is 5.84 Å². The fraction of sp³-hybridized carbons (Fsp3) is 0.0714. The summed E-state index contributed by atoms with van der Waals surface area (Å²) in [4.78, 5) is 11.4. The summed E-state index contributed by atoms with van der Waals surface area (Å²) in [7, 11) is 0. The van der Waals surface area contributed by atoms with Crippen LogP contribution in [0.2, 0.25) is 0 Å². The Morgan fingerprint density at radius 1 is 1.21 bits per heavy atom. The van der Waals surface area contributed by atoms with Crippen LogP contribution in [-0.2, 0) is 6.61 Å². The third-order valence-corrected chi connectivity index (χ3v) is 3.41. The minimum Gasteiger partial charge on any atom is -0.488 e. The first-order chi connectivity index (χ1) is 9.20. The van der Waals surface area contributed by atoms with Crippen LogP contribution in [0.3, 0.4) is 0 Å². The van der Waals surface area contributed by atoms with Gasteiger partial charge < -0.3 is 4.74 Å². The van der Waals surface area contributed by atoms with Crippen LogP contribution < -0.4 is 16.0 Å². The van der Waals surface area contributed by atoms with E-state index in [0.29, 0.717) is 12.2 Å². The number of hydrogen-bond donors (Lipinski definition) is 2. The summed E-state index contributed by atoms with van der Waals surface area (Å²) in [6.07, 6.45) is 0. The Labute approximate surface area is 125 Å². The van der Waals surface area contributed by atoms with Crippen LogP contribution in [0.25, 0.3) is 0 Å². The number of nitrogens with one attached hydrogen (secondary N) is 1. The number of ether oxygens (including phenoxy) is 1. The van der Waals surface area contributed by atoms with Gasteiger partial charge in [0.25, 0.3) is 5.91 Å². The van der Waals surface area contributed by atoms with Crippen molar-refractivity contribution in [3.63, 3.8) is 0 Å². The maximum absolute atomic E-state index is 11.4. The van der Waals surface area contributed by atoms with Crippen LogP contribution in [0.1, 0.15) is 15.9 Å². The van der Waals surface area contributed by atoms with E-state index in [1.807, 2.05) is 30.3 Å². The van der Waals surface area contributed by atoms with Crippen molar-refractivity contribution >= 4 is 28.5 Å². The summed E-state index contributed by atoms with van der Waals surface area (Å²) in [5.41, 5.74) is 3.71. The van der Waals surface area contributed by atoms with Crippen LogP contribution in [0, 0.1) is 3.57 Å². The van der Waals surface area contributed by atoms with Gasteiger partial charge in [-0.05, 0) is 46.4 Å². The summed E-state index contributed by atoms with van der Waals surface area (Å²) in [5, 5.41) is 0. The van der Waals surface area contributed by atoms with Crippen molar-refractivity contribution in [2.45, 2.75) is 6.61 Å². The first-order valence-corrected chi connectivity index (χ1v) is 6.76. The minimum absolute atomic E-state index is 0.312. The molecular formula is C14H13IN2O2. The zero-order chi connectivity index (χ0) is 13.7. The molecule has 4 nitrogen and oxygen atoms in total. The second-order valence-corrected chi connectivity index (χ2v) is 5.06. The van der Waals surface area contributed by atoms with E-state index in [-0.39, 0.29) is 5.91 Å². The fourth-order valence-electron chi connectivity index (χ4n) is 1.58. The van der Waals surface area contributed by atoms with Gasteiger partial charge in [0, 0.05) is 5.56 Å². The molecule has 0 heterocycles. The van der Waals surface area contributed by atoms with Crippen LogP contribution in [0.5, 0.6) is 5.75 Å². The summed E-state index contributed by atoms with van der Waals surface area (Å²) >= 11 is 2.13. The lowest BCUT2D eigenvalue weighted by Crippen LogP contribution is -2.29. The van der Waals surface area contributed by atoms with Gasteiger partial charge in [0.05, 0.1) is 3.57 Å². The number of hydrogen-bond acceptors (Lipinski definition) is 3. The van der Waals surface area contributed by atoms with Crippen LogP contribution >= 0.6 is 22.6 Å². The Morgan fingerprint density at radius 2 is 1.95 bits per heavy atom. The molecule has 5 heteroatoms. The van der Waals surface area contributed by atoms with Crippen molar-refractivity contribution in [1.82, 2.24) is 5.43 Å². The lowest BCUT2D eigenvalue weighted by Gasteiger charge is -2.09. The minimum atomic E-state index is -0.312. The number of nitrogens with two attached hydrogens (primary N) is 1. The molecule has 0 unspecified atom stereocenters. The van der Waals surface area contributed by atoms with Crippen molar-refractivity contribution in [2.24, 2.45) is 5.84 Å². The van der Waals surface area contributed by atoms with Crippen molar-refractivity contribution < 1.29 is 9.53 Å². The zero-order valence-corrected chi connectivity index (χ0v) is 12.3.